The summed E-state index contributed by atoms with van der Waals surface area (Å²) in [5, 5.41) is 21.1. The molecule has 0 radical (unpaired) electrons. The highest BCUT2D eigenvalue weighted by atomic mass is 32.2. The molecule has 2 aromatic heterocycles. The van der Waals surface area contributed by atoms with Gasteiger partial charge in [0.2, 0.25) is 10.0 Å². The Kier molecular flexibility index (Phi) is 6.28. The molecule has 1 aromatic carbocycles. The van der Waals surface area contributed by atoms with Crippen molar-refractivity contribution in [1.82, 2.24) is 19.0 Å². The first kappa shape index (κ1) is 20.9. The Labute approximate surface area is 168 Å². The van der Waals surface area contributed by atoms with Gasteiger partial charge in [0.15, 0.2) is 0 Å². The fourth-order valence-electron chi connectivity index (χ4n) is 2.75. The van der Waals surface area contributed by atoms with E-state index in [1.165, 1.54) is 19.2 Å². The number of fused-ring (bicyclic) bond motifs is 1. The Morgan fingerprint density at radius 3 is 2.66 bits per heavy atom. The summed E-state index contributed by atoms with van der Waals surface area (Å²) in [4.78, 5) is 16.5. The summed E-state index contributed by atoms with van der Waals surface area (Å²) in [7, 11) is -2.45. The molecule has 9 nitrogen and oxygen atoms in total. The first-order valence-corrected chi connectivity index (χ1v) is 10.3. The van der Waals surface area contributed by atoms with E-state index in [0.717, 1.165) is 15.5 Å². The molecular weight excluding hydrogens is 396 g/mol. The number of amides is 1. The average Bonchev–Trinajstić information content (AvgIpc) is 3.20. The highest BCUT2D eigenvalue weighted by Crippen LogP contribution is 2.16. The van der Waals surface area contributed by atoms with Gasteiger partial charge in [-0.05, 0) is 29.8 Å². The van der Waals surface area contributed by atoms with Crippen molar-refractivity contribution < 1.29 is 23.4 Å². The van der Waals surface area contributed by atoms with E-state index in [2.05, 4.69) is 10.3 Å². The second-order valence-corrected chi connectivity index (χ2v) is 8.60. The monoisotopic (exact) mass is 418 g/mol. The van der Waals surface area contributed by atoms with Crippen molar-refractivity contribution in [2.24, 2.45) is 0 Å². The van der Waals surface area contributed by atoms with Gasteiger partial charge in [-0.3, -0.25) is 4.79 Å². The number of likely N-dealkylation sites (N-methyl/N-ethyl adjacent to an activating group) is 1. The zero-order chi connectivity index (χ0) is 21.0. The molecule has 154 valence electrons. The molecule has 0 bridgehead atoms. The fraction of sp³-hybridized carbons (Fsp3) is 0.263. The summed E-state index contributed by atoms with van der Waals surface area (Å²) >= 11 is 0. The number of carbonyl (C=O) groups excluding carboxylic acids is 1. The van der Waals surface area contributed by atoms with Crippen molar-refractivity contribution in [3.8, 4) is 0 Å². The lowest BCUT2D eigenvalue weighted by atomic mass is 10.2. The maximum Gasteiger partial charge on any atom is 0.253 e. The van der Waals surface area contributed by atoms with E-state index in [4.69, 9.17) is 5.11 Å². The van der Waals surface area contributed by atoms with Gasteiger partial charge in [-0.1, -0.05) is 12.1 Å². The van der Waals surface area contributed by atoms with Gasteiger partial charge in [0.1, 0.15) is 5.65 Å². The van der Waals surface area contributed by atoms with Crippen molar-refractivity contribution in [3.05, 3.63) is 66.1 Å². The van der Waals surface area contributed by atoms with Crippen LogP contribution in [-0.2, 0) is 16.6 Å². The molecular formula is C19H22N4O5S. The molecule has 3 rings (SSSR count). The Morgan fingerprint density at radius 2 is 1.97 bits per heavy atom. The summed E-state index contributed by atoms with van der Waals surface area (Å²) < 4.78 is 27.7. The minimum atomic E-state index is -3.78. The van der Waals surface area contributed by atoms with E-state index >= 15 is 0 Å². The van der Waals surface area contributed by atoms with Crippen molar-refractivity contribution >= 4 is 21.6 Å². The first-order chi connectivity index (χ1) is 13.8. The smallest absolute Gasteiger partial charge is 0.253 e. The molecule has 3 N–H and O–H groups in total. The zero-order valence-electron chi connectivity index (χ0n) is 15.8. The van der Waals surface area contributed by atoms with Gasteiger partial charge in [-0.2, -0.15) is 4.31 Å². The van der Waals surface area contributed by atoms with Gasteiger partial charge in [0.05, 0.1) is 23.2 Å². The van der Waals surface area contributed by atoms with E-state index in [-0.39, 0.29) is 23.9 Å². The number of carbonyl (C=O) groups is 1. The number of aliphatic hydroxyl groups is 2. The summed E-state index contributed by atoms with van der Waals surface area (Å²) in [6.45, 7) is -0.496. The molecule has 0 fully saturated rings. The lowest BCUT2D eigenvalue weighted by Gasteiger charge is -2.19. The van der Waals surface area contributed by atoms with Gasteiger partial charge < -0.3 is 19.9 Å². The van der Waals surface area contributed by atoms with Crippen LogP contribution in [0.3, 0.4) is 0 Å². The second kappa shape index (κ2) is 8.70. The number of nitrogens with zero attached hydrogens (tertiary/aromatic N) is 3. The molecule has 1 atom stereocenters. The minimum Gasteiger partial charge on any atom is -0.394 e. The molecule has 2 heterocycles. The van der Waals surface area contributed by atoms with Crippen LogP contribution in [0.1, 0.15) is 15.9 Å². The highest BCUT2D eigenvalue weighted by Gasteiger charge is 2.22. The topological polar surface area (TPSA) is 124 Å². The highest BCUT2D eigenvalue weighted by molar-refractivity contribution is 7.89. The molecule has 0 aliphatic carbocycles. The number of aromatic nitrogens is 2. The van der Waals surface area contributed by atoms with Gasteiger partial charge in [-0.15, -0.1) is 0 Å². The largest absolute Gasteiger partial charge is 0.394 e. The Morgan fingerprint density at radius 1 is 1.24 bits per heavy atom. The number of rotatable bonds is 8. The van der Waals surface area contributed by atoms with Crippen LogP contribution in [0.4, 0.5) is 0 Å². The number of nitrogens with one attached hydrogen (secondary N) is 1. The van der Waals surface area contributed by atoms with Gasteiger partial charge in [0, 0.05) is 38.7 Å². The summed E-state index contributed by atoms with van der Waals surface area (Å²) in [6, 6.07) is 9.54. The van der Waals surface area contributed by atoms with Gasteiger partial charge in [0.25, 0.3) is 5.91 Å². The molecule has 0 aliphatic heterocycles. The third kappa shape index (κ3) is 4.80. The standard InChI is InChI=1S/C19H22N4O5S/c1-22(12-16(25)13-24)29(27,28)17-5-2-14(3-6-17)10-21-19(26)15-4-7-18-20-8-9-23(18)11-15/h2-9,11,16,24-25H,10,12-13H2,1H3,(H,21,26). The minimum absolute atomic E-state index is 0.0609. The maximum absolute atomic E-state index is 12.5. The molecule has 3 aromatic rings. The van der Waals surface area contributed by atoms with E-state index in [9.17, 15) is 18.3 Å². The van der Waals surface area contributed by atoms with Crippen LogP contribution in [0, 0.1) is 0 Å². The molecule has 29 heavy (non-hydrogen) atoms. The first-order valence-electron chi connectivity index (χ1n) is 8.86. The Bertz CT molecular complexity index is 1100. The number of hydrogen-bond acceptors (Lipinski definition) is 6. The van der Waals surface area contributed by atoms with E-state index in [1.54, 1.807) is 47.3 Å². The van der Waals surface area contributed by atoms with Gasteiger partial charge >= 0.3 is 0 Å². The van der Waals surface area contributed by atoms with Gasteiger partial charge in [-0.25, -0.2) is 13.4 Å². The van der Waals surface area contributed by atoms with Crippen LogP contribution >= 0.6 is 0 Å². The molecule has 0 saturated heterocycles. The fourth-order valence-corrected chi connectivity index (χ4v) is 3.96. The van der Waals surface area contributed by atoms with Crippen LogP contribution in [0.2, 0.25) is 0 Å². The summed E-state index contributed by atoms with van der Waals surface area (Å²) in [6.07, 6.45) is 3.94. The second-order valence-electron chi connectivity index (χ2n) is 6.56. The quantitative estimate of drug-likeness (QED) is 0.481. The van der Waals surface area contributed by atoms with E-state index in [0.29, 0.717) is 5.56 Å². The third-order valence-corrected chi connectivity index (χ3v) is 6.25. The van der Waals surface area contributed by atoms with Crippen molar-refractivity contribution in [2.75, 3.05) is 20.2 Å². The van der Waals surface area contributed by atoms with Crippen molar-refractivity contribution in [1.29, 1.82) is 0 Å². The summed E-state index contributed by atoms with van der Waals surface area (Å²) in [5.74, 6) is -0.255. The molecule has 0 saturated carbocycles. The number of sulfonamides is 1. The summed E-state index contributed by atoms with van der Waals surface area (Å²) in [5.41, 5.74) is 1.97. The third-order valence-electron chi connectivity index (χ3n) is 4.41. The number of imidazole rings is 1. The molecule has 1 amide bonds. The Balaban J connectivity index is 1.63. The molecule has 0 aliphatic rings. The SMILES string of the molecule is CN(CC(O)CO)S(=O)(=O)c1ccc(CNC(=O)c2ccc3nccn3c2)cc1. The van der Waals surface area contributed by atoms with Crippen LogP contribution in [0.15, 0.2) is 59.9 Å². The van der Waals surface area contributed by atoms with Crippen LogP contribution < -0.4 is 5.32 Å². The average molecular weight is 418 g/mol. The normalized spacial score (nSPS) is 13.0. The van der Waals surface area contributed by atoms with E-state index < -0.39 is 22.7 Å². The van der Waals surface area contributed by atoms with E-state index in [1.807, 2.05) is 0 Å². The Hall–Kier alpha value is -2.79. The van der Waals surface area contributed by atoms with Crippen molar-refractivity contribution in [3.63, 3.8) is 0 Å². The van der Waals surface area contributed by atoms with Crippen LogP contribution in [-0.4, -0.2) is 64.5 Å². The van der Waals surface area contributed by atoms with Crippen LogP contribution in [0.5, 0.6) is 0 Å². The zero-order valence-corrected chi connectivity index (χ0v) is 16.6. The molecule has 1 unspecified atom stereocenters. The maximum atomic E-state index is 12.5. The molecule has 0 spiro atoms. The number of aliphatic hydroxyl groups excluding tert-OH is 2. The number of benzene rings is 1. The molecule has 10 heteroatoms. The lowest BCUT2D eigenvalue weighted by molar-refractivity contribution is 0.0826. The lowest BCUT2D eigenvalue weighted by Crippen LogP contribution is -2.35. The van der Waals surface area contributed by atoms with Crippen LogP contribution in [0.25, 0.3) is 5.65 Å². The predicted octanol–water partition coefficient (Wildman–Crippen LogP) is 0.238. The van der Waals surface area contributed by atoms with Crippen molar-refractivity contribution in [2.45, 2.75) is 17.5 Å². The number of pyridine rings is 1. The number of hydrogen-bond donors (Lipinski definition) is 3. The predicted molar refractivity (Wildman–Crippen MR) is 106 cm³/mol.